The number of hydrogen-bond acceptors (Lipinski definition) is 7. The molecule has 4 aromatic rings. The van der Waals surface area contributed by atoms with Crippen LogP contribution in [0.15, 0.2) is 42.0 Å². The number of benzene rings is 1. The quantitative estimate of drug-likeness (QED) is 0.450. The van der Waals surface area contributed by atoms with Gasteiger partial charge in [0.2, 0.25) is 0 Å². The smallest absolute Gasteiger partial charge is 0.125 e. The van der Waals surface area contributed by atoms with E-state index in [9.17, 15) is 0 Å². The van der Waals surface area contributed by atoms with Crippen molar-refractivity contribution in [1.29, 1.82) is 0 Å². The first-order chi connectivity index (χ1) is 14.7. The molecule has 3 aromatic heterocycles. The summed E-state index contributed by atoms with van der Waals surface area (Å²) in [5.74, 6) is 0.588. The predicted molar refractivity (Wildman–Crippen MR) is 125 cm³/mol. The molecule has 2 aliphatic heterocycles. The largest absolute Gasteiger partial charge is 0.375 e. The number of anilines is 2. The van der Waals surface area contributed by atoms with Crippen molar-refractivity contribution in [1.82, 2.24) is 14.9 Å². The summed E-state index contributed by atoms with van der Waals surface area (Å²) in [7, 11) is 0. The molecule has 0 saturated carbocycles. The average Bonchev–Trinajstić information content (AvgIpc) is 3.40. The number of likely N-dealkylation sites (tertiary alicyclic amines) is 1. The molecule has 0 spiro atoms. The number of aromatic nitrogens is 2. The molecule has 5 nitrogen and oxygen atoms in total. The molecule has 5 heterocycles. The molecule has 0 amide bonds. The van der Waals surface area contributed by atoms with Crippen LogP contribution in [-0.2, 0) is 4.74 Å². The van der Waals surface area contributed by atoms with Gasteiger partial charge in [0.1, 0.15) is 4.83 Å². The van der Waals surface area contributed by atoms with Gasteiger partial charge in [-0.3, -0.25) is 4.90 Å². The highest BCUT2D eigenvalue weighted by atomic mass is 32.1. The normalized spacial score (nSPS) is 24.9. The Bertz CT molecular complexity index is 1200. The van der Waals surface area contributed by atoms with E-state index in [1.165, 1.54) is 34.3 Å². The zero-order valence-electron chi connectivity index (χ0n) is 16.9. The summed E-state index contributed by atoms with van der Waals surface area (Å²) in [5.41, 5.74) is 5.12. The maximum absolute atomic E-state index is 5.62. The fourth-order valence-corrected chi connectivity index (χ4v) is 6.49. The number of ether oxygens (including phenoxy) is 1. The van der Waals surface area contributed by atoms with Crippen LogP contribution in [0.5, 0.6) is 0 Å². The first-order valence-corrected chi connectivity index (χ1v) is 12.3. The molecule has 6 rings (SSSR count). The first-order valence-electron chi connectivity index (χ1n) is 10.6. The van der Waals surface area contributed by atoms with E-state index in [-0.39, 0.29) is 0 Å². The molecule has 2 saturated heterocycles. The third-order valence-electron chi connectivity index (χ3n) is 6.46. The highest BCUT2D eigenvalue weighted by molar-refractivity contribution is 7.18. The van der Waals surface area contributed by atoms with E-state index in [1.54, 1.807) is 11.3 Å². The summed E-state index contributed by atoms with van der Waals surface area (Å²) in [4.78, 5) is 14.3. The van der Waals surface area contributed by atoms with E-state index in [4.69, 9.17) is 4.74 Å². The Balaban J connectivity index is 1.28. The van der Waals surface area contributed by atoms with Crippen molar-refractivity contribution in [3.63, 3.8) is 0 Å². The number of piperidine rings is 1. The van der Waals surface area contributed by atoms with Gasteiger partial charge in [0, 0.05) is 34.6 Å². The number of thiophene rings is 1. The van der Waals surface area contributed by atoms with Crippen LogP contribution in [0.1, 0.15) is 30.6 Å². The van der Waals surface area contributed by atoms with Gasteiger partial charge in [-0.25, -0.2) is 9.97 Å². The molecule has 0 bridgehead atoms. The number of thiazole rings is 1. The summed E-state index contributed by atoms with van der Waals surface area (Å²) >= 11 is 3.53. The summed E-state index contributed by atoms with van der Waals surface area (Å²) < 4.78 is 6.83. The van der Waals surface area contributed by atoms with Crippen molar-refractivity contribution in [2.75, 3.05) is 25.0 Å². The van der Waals surface area contributed by atoms with Gasteiger partial charge in [-0.15, -0.1) is 22.7 Å². The third kappa shape index (κ3) is 3.30. The predicted octanol–water partition coefficient (Wildman–Crippen LogP) is 5.62. The summed E-state index contributed by atoms with van der Waals surface area (Å²) in [5, 5.41) is 4.82. The van der Waals surface area contributed by atoms with Crippen LogP contribution >= 0.6 is 22.7 Å². The van der Waals surface area contributed by atoms with Gasteiger partial charge in [-0.05, 0) is 56.6 Å². The number of rotatable bonds is 4. The van der Waals surface area contributed by atoms with Crippen molar-refractivity contribution >= 4 is 54.5 Å². The maximum atomic E-state index is 5.62. The minimum Gasteiger partial charge on any atom is -0.375 e. The van der Waals surface area contributed by atoms with E-state index < -0.39 is 0 Å². The van der Waals surface area contributed by atoms with Crippen LogP contribution in [0.4, 0.5) is 11.4 Å². The molecular formula is C23H24N4OS2. The fourth-order valence-electron chi connectivity index (χ4n) is 4.68. The molecule has 0 aliphatic carbocycles. The number of pyridine rings is 1. The molecule has 3 atom stereocenters. The van der Waals surface area contributed by atoms with Crippen molar-refractivity contribution in [3.05, 3.63) is 46.9 Å². The van der Waals surface area contributed by atoms with Crippen LogP contribution in [0, 0.1) is 0 Å². The van der Waals surface area contributed by atoms with Crippen LogP contribution in [0.3, 0.4) is 0 Å². The fraction of sp³-hybridized carbons (Fsp3) is 0.391. The monoisotopic (exact) mass is 436 g/mol. The highest BCUT2D eigenvalue weighted by Gasteiger charge is 2.36. The molecule has 1 unspecified atom stereocenters. The second-order valence-corrected chi connectivity index (χ2v) is 10.3. The zero-order chi connectivity index (χ0) is 20.1. The van der Waals surface area contributed by atoms with E-state index in [0.29, 0.717) is 18.1 Å². The van der Waals surface area contributed by atoms with Gasteiger partial charge in [0.05, 0.1) is 40.2 Å². The topological polar surface area (TPSA) is 50.3 Å². The van der Waals surface area contributed by atoms with Crippen LogP contribution < -0.4 is 5.32 Å². The SMILES string of the molecule is C[C@H]1OC[C@@H]1N1CCCC(c2cc3c(Nc4ccc5scnc5c4)ccnc3s2)C1. The van der Waals surface area contributed by atoms with Crippen LogP contribution in [0.2, 0.25) is 0 Å². The molecule has 2 aliphatic rings. The summed E-state index contributed by atoms with van der Waals surface area (Å²) in [6.45, 7) is 5.42. The van der Waals surface area contributed by atoms with E-state index in [1.807, 2.05) is 23.0 Å². The number of hydrogen-bond donors (Lipinski definition) is 1. The second kappa shape index (κ2) is 7.57. The molecule has 0 radical (unpaired) electrons. The molecule has 2 fully saturated rings. The number of nitrogens with zero attached hydrogens (tertiary/aromatic N) is 3. The first kappa shape index (κ1) is 18.7. The summed E-state index contributed by atoms with van der Waals surface area (Å²) in [6.07, 6.45) is 4.80. The number of nitrogens with one attached hydrogen (secondary N) is 1. The van der Waals surface area contributed by atoms with Crippen LogP contribution in [0.25, 0.3) is 20.4 Å². The van der Waals surface area contributed by atoms with Gasteiger partial charge in [0.15, 0.2) is 0 Å². The van der Waals surface area contributed by atoms with E-state index in [2.05, 4.69) is 57.4 Å². The highest BCUT2D eigenvalue weighted by Crippen LogP contribution is 2.39. The number of fused-ring (bicyclic) bond motifs is 2. The Kier molecular flexibility index (Phi) is 4.71. The lowest BCUT2D eigenvalue weighted by molar-refractivity contribution is -0.129. The van der Waals surface area contributed by atoms with Crippen LogP contribution in [-0.4, -0.2) is 46.7 Å². The molecular weight excluding hydrogens is 412 g/mol. The molecule has 30 heavy (non-hydrogen) atoms. The van der Waals surface area contributed by atoms with Crippen molar-refractivity contribution in [2.45, 2.75) is 37.8 Å². The van der Waals surface area contributed by atoms with Crippen molar-refractivity contribution in [2.24, 2.45) is 0 Å². The molecule has 1 aromatic carbocycles. The lowest BCUT2D eigenvalue weighted by atomic mass is 9.93. The van der Waals surface area contributed by atoms with Gasteiger partial charge in [-0.1, -0.05) is 0 Å². The van der Waals surface area contributed by atoms with Gasteiger partial charge in [0.25, 0.3) is 0 Å². The Labute approximate surface area is 183 Å². The average molecular weight is 437 g/mol. The standard InChI is InChI=1S/C23H24N4OS2/c1-14-20(12-28-14)27-8-2-3-15(11-27)22-10-17-18(6-7-24-23(17)30-22)26-16-4-5-21-19(9-16)25-13-29-21/h4-7,9-10,13-15,20H,2-3,8,11-12H2,1H3,(H,24,26)/t14-,15?,20+/m1/s1. The van der Waals surface area contributed by atoms with E-state index >= 15 is 0 Å². The maximum Gasteiger partial charge on any atom is 0.125 e. The minimum absolute atomic E-state index is 0.374. The molecule has 1 N–H and O–H groups in total. The third-order valence-corrected chi connectivity index (χ3v) is 8.48. The van der Waals surface area contributed by atoms with Crippen molar-refractivity contribution < 1.29 is 4.74 Å². The lowest BCUT2D eigenvalue weighted by Crippen LogP contribution is -2.56. The second-order valence-electron chi connectivity index (χ2n) is 8.33. The Hall–Kier alpha value is -2.06. The van der Waals surface area contributed by atoms with Gasteiger partial charge in [-0.2, -0.15) is 0 Å². The molecule has 7 heteroatoms. The Morgan fingerprint density at radius 3 is 3.03 bits per heavy atom. The molecule has 154 valence electrons. The van der Waals surface area contributed by atoms with Gasteiger partial charge < -0.3 is 10.1 Å². The zero-order valence-corrected chi connectivity index (χ0v) is 18.5. The van der Waals surface area contributed by atoms with Gasteiger partial charge >= 0.3 is 0 Å². The van der Waals surface area contributed by atoms with E-state index in [0.717, 1.165) is 34.9 Å². The Morgan fingerprint density at radius 1 is 1.20 bits per heavy atom. The van der Waals surface area contributed by atoms with Crippen molar-refractivity contribution in [3.8, 4) is 0 Å². The minimum atomic E-state index is 0.374. The summed E-state index contributed by atoms with van der Waals surface area (Å²) in [6, 6.07) is 11.4. The lowest BCUT2D eigenvalue weighted by Gasteiger charge is -2.45. The Morgan fingerprint density at radius 2 is 2.17 bits per heavy atom.